The highest BCUT2D eigenvalue weighted by Crippen LogP contribution is 2.29. The molecule has 1 rings (SSSR count). The van der Waals surface area contributed by atoms with Gasteiger partial charge in [-0.3, -0.25) is 0 Å². The molecule has 0 atom stereocenters. The fourth-order valence-electron chi connectivity index (χ4n) is 1.25. The summed E-state index contributed by atoms with van der Waals surface area (Å²) in [4.78, 5) is 0.151. The summed E-state index contributed by atoms with van der Waals surface area (Å²) in [5.74, 6) is 0. The molecule has 0 saturated carbocycles. The molecular formula is C10H14BrClN2O2S. The van der Waals surface area contributed by atoms with Crippen LogP contribution in [0, 0.1) is 0 Å². The Bertz CT molecular complexity index is 479. The van der Waals surface area contributed by atoms with Gasteiger partial charge in [0.2, 0.25) is 10.0 Å². The van der Waals surface area contributed by atoms with Gasteiger partial charge < -0.3 is 5.73 Å². The van der Waals surface area contributed by atoms with E-state index in [9.17, 15) is 8.42 Å². The maximum Gasteiger partial charge on any atom is 0.241 e. The number of benzene rings is 1. The van der Waals surface area contributed by atoms with Crippen molar-refractivity contribution in [2.45, 2.75) is 17.7 Å². The Labute approximate surface area is 115 Å². The number of nitrogens with one attached hydrogen (secondary N) is 1. The normalized spacial score (nSPS) is 11.7. The highest BCUT2D eigenvalue weighted by molar-refractivity contribution is 9.10. The molecule has 0 aliphatic rings. The van der Waals surface area contributed by atoms with Gasteiger partial charge in [-0.15, -0.1) is 0 Å². The van der Waals surface area contributed by atoms with Crippen LogP contribution in [0.1, 0.15) is 12.8 Å². The number of hydrogen-bond acceptors (Lipinski definition) is 3. The van der Waals surface area contributed by atoms with Crippen LogP contribution in [-0.4, -0.2) is 21.5 Å². The van der Waals surface area contributed by atoms with Gasteiger partial charge >= 0.3 is 0 Å². The lowest BCUT2D eigenvalue weighted by atomic mass is 10.3. The second-order valence-electron chi connectivity index (χ2n) is 3.45. The first-order valence-corrected chi connectivity index (χ1v) is 7.78. The minimum atomic E-state index is -3.52. The van der Waals surface area contributed by atoms with Crippen LogP contribution in [0.3, 0.4) is 0 Å². The van der Waals surface area contributed by atoms with Crippen LogP contribution in [0.4, 0.5) is 0 Å². The molecule has 0 heterocycles. The van der Waals surface area contributed by atoms with Crippen molar-refractivity contribution in [3.63, 3.8) is 0 Å². The van der Waals surface area contributed by atoms with Crippen molar-refractivity contribution in [2.24, 2.45) is 5.73 Å². The van der Waals surface area contributed by atoms with Crippen molar-refractivity contribution in [1.82, 2.24) is 4.72 Å². The van der Waals surface area contributed by atoms with Gasteiger partial charge in [0, 0.05) is 6.54 Å². The molecule has 7 heteroatoms. The Balaban J connectivity index is 2.79. The maximum absolute atomic E-state index is 11.9. The van der Waals surface area contributed by atoms with E-state index in [-0.39, 0.29) is 4.90 Å². The lowest BCUT2D eigenvalue weighted by molar-refractivity contribution is 0.576. The minimum absolute atomic E-state index is 0.151. The first-order chi connectivity index (χ1) is 7.99. The molecule has 0 aliphatic heterocycles. The quantitative estimate of drug-likeness (QED) is 0.779. The summed E-state index contributed by atoms with van der Waals surface area (Å²) in [7, 11) is -3.52. The molecule has 1 aromatic carbocycles. The minimum Gasteiger partial charge on any atom is -0.330 e. The van der Waals surface area contributed by atoms with E-state index in [1.54, 1.807) is 12.1 Å². The predicted octanol–water partition coefficient (Wildman–Crippen LogP) is 2.12. The van der Waals surface area contributed by atoms with Gasteiger partial charge in [-0.2, -0.15) is 0 Å². The van der Waals surface area contributed by atoms with E-state index in [1.165, 1.54) is 6.07 Å². The van der Waals surface area contributed by atoms with Gasteiger partial charge in [-0.25, -0.2) is 13.1 Å². The smallest absolute Gasteiger partial charge is 0.241 e. The zero-order valence-corrected chi connectivity index (χ0v) is 12.3. The highest BCUT2D eigenvalue weighted by Gasteiger charge is 2.18. The van der Waals surface area contributed by atoms with E-state index >= 15 is 0 Å². The summed E-state index contributed by atoms with van der Waals surface area (Å²) in [6.45, 7) is 0.932. The molecule has 96 valence electrons. The Morgan fingerprint density at radius 3 is 2.71 bits per heavy atom. The van der Waals surface area contributed by atoms with Gasteiger partial charge in [-0.1, -0.05) is 17.7 Å². The zero-order chi connectivity index (χ0) is 12.9. The fraction of sp³-hybridized carbons (Fsp3) is 0.400. The molecule has 1 aromatic rings. The molecule has 17 heavy (non-hydrogen) atoms. The van der Waals surface area contributed by atoms with Gasteiger partial charge in [-0.05, 0) is 47.4 Å². The predicted molar refractivity (Wildman–Crippen MR) is 72.6 cm³/mol. The largest absolute Gasteiger partial charge is 0.330 e. The van der Waals surface area contributed by atoms with E-state index < -0.39 is 10.0 Å². The average molecular weight is 342 g/mol. The maximum atomic E-state index is 11.9. The lowest BCUT2D eigenvalue weighted by Gasteiger charge is -2.08. The fourth-order valence-corrected chi connectivity index (χ4v) is 3.55. The van der Waals surface area contributed by atoms with Gasteiger partial charge in [0.1, 0.15) is 0 Å². The Morgan fingerprint density at radius 2 is 2.06 bits per heavy atom. The van der Waals surface area contributed by atoms with E-state index in [0.717, 1.165) is 6.42 Å². The van der Waals surface area contributed by atoms with Crippen molar-refractivity contribution in [3.8, 4) is 0 Å². The first-order valence-electron chi connectivity index (χ1n) is 5.13. The molecule has 4 nitrogen and oxygen atoms in total. The summed E-state index contributed by atoms with van der Waals surface area (Å²) in [5, 5.41) is 0.370. The summed E-state index contributed by atoms with van der Waals surface area (Å²) in [6.07, 6.45) is 1.51. The molecule has 0 amide bonds. The zero-order valence-electron chi connectivity index (χ0n) is 9.12. The van der Waals surface area contributed by atoms with Crippen molar-refractivity contribution < 1.29 is 8.42 Å². The third-order valence-corrected chi connectivity index (χ3v) is 5.29. The summed E-state index contributed by atoms with van der Waals surface area (Å²) >= 11 is 9.02. The number of nitrogens with two attached hydrogens (primary N) is 1. The van der Waals surface area contributed by atoms with Gasteiger partial charge in [0.15, 0.2) is 0 Å². The number of hydrogen-bond donors (Lipinski definition) is 2. The summed E-state index contributed by atoms with van der Waals surface area (Å²) in [6, 6.07) is 4.72. The summed E-state index contributed by atoms with van der Waals surface area (Å²) in [5.41, 5.74) is 5.33. The monoisotopic (exact) mass is 340 g/mol. The van der Waals surface area contributed by atoms with E-state index in [0.29, 0.717) is 29.0 Å². The molecule has 0 saturated heterocycles. The number of sulfonamides is 1. The molecule has 0 unspecified atom stereocenters. The summed E-state index contributed by atoms with van der Waals surface area (Å²) < 4.78 is 26.8. The van der Waals surface area contributed by atoms with Gasteiger partial charge in [0.25, 0.3) is 0 Å². The molecular weight excluding hydrogens is 328 g/mol. The van der Waals surface area contributed by atoms with Crippen LogP contribution in [0.2, 0.25) is 5.02 Å². The van der Waals surface area contributed by atoms with Crippen molar-refractivity contribution in [2.75, 3.05) is 13.1 Å². The van der Waals surface area contributed by atoms with E-state index in [4.69, 9.17) is 17.3 Å². The second-order valence-corrected chi connectivity index (χ2v) is 6.38. The second kappa shape index (κ2) is 6.70. The van der Waals surface area contributed by atoms with Crippen LogP contribution in [-0.2, 0) is 10.0 Å². The first kappa shape index (κ1) is 14.9. The molecule has 0 spiro atoms. The van der Waals surface area contributed by atoms with Crippen molar-refractivity contribution in [1.29, 1.82) is 0 Å². The molecule has 3 N–H and O–H groups in total. The number of unbranched alkanes of at least 4 members (excludes halogenated alkanes) is 1. The van der Waals surface area contributed by atoms with Crippen molar-refractivity contribution in [3.05, 3.63) is 27.7 Å². The number of halogens is 2. The Kier molecular flexibility index (Phi) is 5.88. The van der Waals surface area contributed by atoms with Crippen molar-refractivity contribution >= 4 is 37.6 Å². The highest BCUT2D eigenvalue weighted by atomic mass is 79.9. The molecule has 0 radical (unpaired) electrons. The lowest BCUT2D eigenvalue weighted by Crippen LogP contribution is -2.25. The van der Waals surface area contributed by atoms with E-state index in [2.05, 4.69) is 20.7 Å². The van der Waals surface area contributed by atoms with Crippen LogP contribution in [0.5, 0.6) is 0 Å². The van der Waals surface area contributed by atoms with Crippen LogP contribution in [0.25, 0.3) is 0 Å². The Morgan fingerprint density at radius 1 is 1.35 bits per heavy atom. The van der Waals surface area contributed by atoms with E-state index in [1.807, 2.05) is 0 Å². The average Bonchev–Trinajstić information content (AvgIpc) is 2.28. The standard InChI is InChI=1S/C10H14BrClN2O2S/c11-10-8(12)4-3-5-9(10)17(15,16)14-7-2-1-6-13/h3-5,14H,1-2,6-7,13H2. The third kappa shape index (κ3) is 4.22. The van der Waals surface area contributed by atoms with Gasteiger partial charge in [0.05, 0.1) is 14.4 Å². The molecule has 0 aliphatic carbocycles. The Hall–Kier alpha value is -0.140. The molecule has 0 bridgehead atoms. The topological polar surface area (TPSA) is 72.2 Å². The SMILES string of the molecule is NCCCCNS(=O)(=O)c1cccc(Cl)c1Br. The van der Waals surface area contributed by atoms with Crippen LogP contribution in [0.15, 0.2) is 27.6 Å². The van der Waals surface area contributed by atoms with Crippen LogP contribution < -0.4 is 10.5 Å². The number of rotatable bonds is 6. The molecule has 0 fully saturated rings. The molecule has 0 aromatic heterocycles. The van der Waals surface area contributed by atoms with Crippen LogP contribution >= 0.6 is 27.5 Å². The third-order valence-electron chi connectivity index (χ3n) is 2.13.